The summed E-state index contributed by atoms with van der Waals surface area (Å²) in [6, 6.07) is 12.4. The van der Waals surface area contributed by atoms with Crippen LogP contribution < -0.4 is 4.72 Å². The van der Waals surface area contributed by atoms with Crippen LogP contribution in [0.2, 0.25) is 0 Å². The van der Waals surface area contributed by atoms with E-state index in [0.29, 0.717) is 18.7 Å². The maximum Gasteiger partial charge on any atom is 0.323 e. The van der Waals surface area contributed by atoms with Crippen LogP contribution in [0.15, 0.2) is 53.4 Å². The molecule has 0 aromatic heterocycles. The Hall–Kier alpha value is -2.87. The van der Waals surface area contributed by atoms with Gasteiger partial charge in [0.05, 0.1) is 4.90 Å². The van der Waals surface area contributed by atoms with Crippen LogP contribution in [0.25, 0.3) is 0 Å². The molecule has 2 aromatic carbocycles. The second-order valence-electron chi connectivity index (χ2n) is 6.12. The Morgan fingerprint density at radius 3 is 2.15 bits per heavy atom. The quantitative estimate of drug-likeness (QED) is 0.721. The van der Waals surface area contributed by atoms with Gasteiger partial charge in [0, 0.05) is 17.8 Å². The van der Waals surface area contributed by atoms with Gasteiger partial charge in [-0.15, -0.1) is 0 Å². The number of aryl methyl sites for hydroxylation is 1. The number of carbonyl (C=O) groups excluding carboxylic acids is 1. The molecule has 0 fully saturated rings. The molecule has 2 N–H and O–H groups in total. The molecule has 1 amide bonds. The highest BCUT2D eigenvalue weighted by atomic mass is 32.2. The Labute approximate surface area is 158 Å². The zero-order valence-electron chi connectivity index (χ0n) is 15.2. The van der Waals surface area contributed by atoms with Gasteiger partial charge >= 0.3 is 5.97 Å². The predicted octanol–water partition coefficient (Wildman–Crippen LogP) is 2.73. The van der Waals surface area contributed by atoms with E-state index >= 15 is 0 Å². The minimum Gasteiger partial charge on any atom is -0.480 e. The van der Waals surface area contributed by atoms with Crippen molar-refractivity contribution in [3.8, 4) is 0 Å². The number of aliphatic carboxylic acids is 1. The van der Waals surface area contributed by atoms with Crippen LogP contribution in [0.1, 0.15) is 29.3 Å². The van der Waals surface area contributed by atoms with Gasteiger partial charge in [0.2, 0.25) is 0 Å². The minimum absolute atomic E-state index is 0.0138. The van der Waals surface area contributed by atoms with Crippen molar-refractivity contribution >= 4 is 27.6 Å². The lowest BCUT2D eigenvalue weighted by Crippen LogP contribution is -2.36. The molecule has 2 rings (SSSR count). The molecule has 0 saturated carbocycles. The molecule has 8 heteroatoms. The maximum absolute atomic E-state index is 12.5. The Kier molecular flexibility index (Phi) is 6.57. The molecule has 0 saturated heterocycles. The lowest BCUT2D eigenvalue weighted by atomic mass is 10.2. The molecule has 0 atom stereocenters. The molecular weight excluding hydrogens is 368 g/mol. The van der Waals surface area contributed by atoms with Gasteiger partial charge in [-0.3, -0.25) is 14.3 Å². The second-order valence-corrected chi connectivity index (χ2v) is 7.80. The van der Waals surface area contributed by atoms with E-state index in [-0.39, 0.29) is 10.5 Å². The van der Waals surface area contributed by atoms with Gasteiger partial charge in [0.25, 0.3) is 15.9 Å². The van der Waals surface area contributed by atoms with Crippen molar-refractivity contribution in [2.24, 2.45) is 0 Å². The first-order valence-corrected chi connectivity index (χ1v) is 9.92. The highest BCUT2D eigenvalue weighted by molar-refractivity contribution is 7.92. The van der Waals surface area contributed by atoms with Gasteiger partial charge in [0.15, 0.2) is 0 Å². The number of carboxylic acid groups (broad SMARTS) is 1. The number of rotatable bonds is 8. The van der Waals surface area contributed by atoms with Crippen molar-refractivity contribution in [2.45, 2.75) is 25.2 Å². The zero-order chi connectivity index (χ0) is 20.0. The molecule has 0 heterocycles. The van der Waals surface area contributed by atoms with Crippen LogP contribution in [0.3, 0.4) is 0 Å². The molecule has 0 aliphatic heterocycles. The Bertz CT molecular complexity index is 906. The van der Waals surface area contributed by atoms with E-state index < -0.39 is 28.4 Å². The first-order chi connectivity index (χ1) is 12.7. The third-order valence-electron chi connectivity index (χ3n) is 3.82. The Morgan fingerprint density at radius 1 is 1.04 bits per heavy atom. The normalized spacial score (nSPS) is 11.0. The fraction of sp³-hybridized carbons (Fsp3) is 0.263. The first kappa shape index (κ1) is 20.4. The van der Waals surface area contributed by atoms with Crippen molar-refractivity contribution in [3.63, 3.8) is 0 Å². The van der Waals surface area contributed by atoms with Gasteiger partial charge in [0.1, 0.15) is 6.54 Å². The molecule has 27 heavy (non-hydrogen) atoms. The van der Waals surface area contributed by atoms with Crippen LogP contribution in [0.4, 0.5) is 5.69 Å². The van der Waals surface area contributed by atoms with E-state index in [0.717, 1.165) is 5.56 Å². The molecule has 2 aromatic rings. The summed E-state index contributed by atoms with van der Waals surface area (Å²) in [5, 5.41) is 8.93. The van der Waals surface area contributed by atoms with Crippen molar-refractivity contribution < 1.29 is 23.1 Å². The number of nitrogens with zero attached hydrogens (tertiary/aromatic N) is 1. The van der Waals surface area contributed by atoms with E-state index in [1.165, 1.54) is 29.2 Å². The number of nitrogens with one attached hydrogen (secondary N) is 1. The summed E-state index contributed by atoms with van der Waals surface area (Å²) in [5.41, 5.74) is 1.69. The molecule has 0 aliphatic carbocycles. The van der Waals surface area contributed by atoms with Crippen molar-refractivity contribution in [3.05, 3.63) is 59.7 Å². The number of benzene rings is 2. The smallest absolute Gasteiger partial charge is 0.323 e. The Morgan fingerprint density at radius 2 is 1.63 bits per heavy atom. The SMILES string of the molecule is CCCN(CC(=O)O)C(=O)c1ccc(S(=O)(=O)Nc2ccc(C)cc2)cc1. The number of carbonyl (C=O) groups is 2. The van der Waals surface area contributed by atoms with E-state index in [2.05, 4.69) is 4.72 Å². The standard InChI is InChI=1S/C19H22N2O5S/c1-3-12-21(13-18(22)23)19(24)15-6-10-17(11-7-15)27(25,26)20-16-8-4-14(2)5-9-16/h4-11,20H,3,12-13H2,1-2H3,(H,22,23). The van der Waals surface area contributed by atoms with Gasteiger partial charge in [-0.05, 0) is 49.7 Å². The largest absolute Gasteiger partial charge is 0.480 e. The summed E-state index contributed by atoms with van der Waals surface area (Å²) in [4.78, 5) is 24.6. The molecule has 0 radical (unpaired) electrons. The van der Waals surface area contributed by atoms with Crippen molar-refractivity contribution in [1.29, 1.82) is 0 Å². The lowest BCUT2D eigenvalue weighted by molar-refractivity contribution is -0.137. The third kappa shape index (κ3) is 5.55. The van der Waals surface area contributed by atoms with Gasteiger partial charge in [-0.25, -0.2) is 8.42 Å². The van der Waals surface area contributed by atoms with Gasteiger partial charge < -0.3 is 10.0 Å². The number of anilines is 1. The predicted molar refractivity (Wildman–Crippen MR) is 102 cm³/mol. The highest BCUT2D eigenvalue weighted by Gasteiger charge is 2.19. The molecule has 0 bridgehead atoms. The fourth-order valence-electron chi connectivity index (χ4n) is 2.48. The summed E-state index contributed by atoms with van der Waals surface area (Å²) in [7, 11) is -3.79. The molecular formula is C19H22N2O5S. The number of sulfonamides is 1. The van der Waals surface area contributed by atoms with Crippen LogP contribution in [0.5, 0.6) is 0 Å². The molecule has 0 unspecified atom stereocenters. The minimum atomic E-state index is -3.79. The van der Waals surface area contributed by atoms with E-state index in [1.54, 1.807) is 24.3 Å². The molecule has 0 spiro atoms. The van der Waals surface area contributed by atoms with Gasteiger partial charge in [-0.1, -0.05) is 24.6 Å². The number of hydrogen-bond donors (Lipinski definition) is 2. The van der Waals surface area contributed by atoms with E-state index in [4.69, 9.17) is 5.11 Å². The monoisotopic (exact) mass is 390 g/mol. The van der Waals surface area contributed by atoms with Crippen LogP contribution in [-0.4, -0.2) is 43.4 Å². The topological polar surface area (TPSA) is 104 Å². The van der Waals surface area contributed by atoms with E-state index in [9.17, 15) is 18.0 Å². The summed E-state index contributed by atoms with van der Waals surface area (Å²) < 4.78 is 27.4. The summed E-state index contributed by atoms with van der Waals surface area (Å²) in [6.07, 6.45) is 0.617. The molecule has 7 nitrogen and oxygen atoms in total. The maximum atomic E-state index is 12.5. The van der Waals surface area contributed by atoms with Crippen molar-refractivity contribution in [2.75, 3.05) is 17.8 Å². The zero-order valence-corrected chi connectivity index (χ0v) is 16.0. The number of amides is 1. The molecule has 0 aliphatic rings. The average Bonchev–Trinajstić information content (AvgIpc) is 2.62. The van der Waals surface area contributed by atoms with Crippen molar-refractivity contribution in [1.82, 2.24) is 4.90 Å². The second kappa shape index (κ2) is 8.68. The highest BCUT2D eigenvalue weighted by Crippen LogP contribution is 2.18. The third-order valence-corrected chi connectivity index (χ3v) is 5.22. The van der Waals surface area contributed by atoms with Crippen LogP contribution in [-0.2, 0) is 14.8 Å². The first-order valence-electron chi connectivity index (χ1n) is 8.43. The number of carboxylic acids is 1. The van der Waals surface area contributed by atoms with Gasteiger partial charge in [-0.2, -0.15) is 0 Å². The van der Waals surface area contributed by atoms with Crippen LogP contribution >= 0.6 is 0 Å². The fourth-order valence-corrected chi connectivity index (χ4v) is 3.54. The summed E-state index contributed by atoms with van der Waals surface area (Å²) >= 11 is 0. The van der Waals surface area contributed by atoms with E-state index in [1.807, 2.05) is 13.8 Å². The summed E-state index contributed by atoms with van der Waals surface area (Å²) in [6.45, 7) is 3.65. The molecule has 144 valence electrons. The lowest BCUT2D eigenvalue weighted by Gasteiger charge is -2.20. The van der Waals surface area contributed by atoms with Crippen LogP contribution in [0, 0.1) is 6.92 Å². The average molecular weight is 390 g/mol. The number of hydrogen-bond acceptors (Lipinski definition) is 4. The summed E-state index contributed by atoms with van der Waals surface area (Å²) in [5.74, 6) is -1.55. The Balaban J connectivity index is 2.18.